The molecule has 112 valence electrons. The average molecular weight is 328 g/mol. The quantitative estimate of drug-likeness (QED) is 0.512. The Labute approximate surface area is 137 Å². The van der Waals surface area contributed by atoms with Crippen LogP contribution in [-0.2, 0) is 4.79 Å². The molecule has 0 amide bonds. The molecule has 2 aromatic heterocycles. The van der Waals surface area contributed by atoms with Gasteiger partial charge >= 0.3 is 0 Å². The number of nitrogens with zero attached hydrogens (tertiary/aromatic N) is 2. The summed E-state index contributed by atoms with van der Waals surface area (Å²) in [6.45, 7) is 5.43. The fourth-order valence-electron chi connectivity index (χ4n) is 2.08. The van der Waals surface area contributed by atoms with Gasteiger partial charge < -0.3 is 0 Å². The zero-order valence-electron chi connectivity index (χ0n) is 12.7. The second kappa shape index (κ2) is 6.18. The first kappa shape index (κ1) is 15.2. The molecule has 0 saturated heterocycles. The molecule has 0 aliphatic rings. The van der Waals surface area contributed by atoms with E-state index in [0.29, 0.717) is 0 Å². The van der Waals surface area contributed by atoms with Gasteiger partial charge in [0.1, 0.15) is 21.5 Å². The zero-order chi connectivity index (χ0) is 15.7. The molecule has 2 heterocycles. The van der Waals surface area contributed by atoms with Crippen molar-refractivity contribution in [3.63, 3.8) is 0 Å². The first-order chi connectivity index (χ1) is 10.5. The van der Waals surface area contributed by atoms with Gasteiger partial charge in [0.25, 0.3) is 0 Å². The van der Waals surface area contributed by atoms with E-state index in [-0.39, 0.29) is 11.0 Å². The van der Waals surface area contributed by atoms with Crippen molar-refractivity contribution in [3.8, 4) is 10.4 Å². The predicted molar refractivity (Wildman–Crippen MR) is 93.6 cm³/mol. The van der Waals surface area contributed by atoms with Crippen molar-refractivity contribution in [2.75, 3.05) is 0 Å². The summed E-state index contributed by atoms with van der Waals surface area (Å²) in [4.78, 5) is 22.8. The molecule has 0 fully saturated rings. The molecule has 22 heavy (non-hydrogen) atoms. The molecule has 3 nitrogen and oxygen atoms in total. The Kier molecular flexibility index (Phi) is 4.27. The van der Waals surface area contributed by atoms with Crippen molar-refractivity contribution in [2.24, 2.45) is 0 Å². The van der Waals surface area contributed by atoms with Crippen molar-refractivity contribution >= 4 is 39.1 Å². The van der Waals surface area contributed by atoms with Gasteiger partial charge in [-0.25, -0.2) is 9.97 Å². The van der Waals surface area contributed by atoms with Gasteiger partial charge in [-0.2, -0.15) is 0 Å². The van der Waals surface area contributed by atoms with Crippen molar-refractivity contribution in [1.82, 2.24) is 9.97 Å². The molecule has 0 radical (unpaired) electrons. The summed E-state index contributed by atoms with van der Waals surface area (Å²) in [6.07, 6.45) is 0. The highest BCUT2D eigenvalue weighted by Gasteiger charge is 2.16. The summed E-state index contributed by atoms with van der Waals surface area (Å²) >= 11 is 3.17. The van der Waals surface area contributed by atoms with Crippen LogP contribution in [0.5, 0.6) is 0 Å². The Morgan fingerprint density at radius 3 is 2.64 bits per heavy atom. The number of hydrogen-bond acceptors (Lipinski definition) is 5. The third kappa shape index (κ3) is 3.05. The molecule has 0 aliphatic carbocycles. The summed E-state index contributed by atoms with van der Waals surface area (Å²) in [5, 5.41) is 1.83. The molecule has 0 N–H and O–H groups in total. The van der Waals surface area contributed by atoms with Gasteiger partial charge in [0.15, 0.2) is 0 Å². The largest absolute Gasteiger partial charge is 0.299 e. The lowest BCUT2D eigenvalue weighted by molar-refractivity contribution is -0.116. The SMILES string of the molecule is CC(=O)[C@H](C)Sc1nc(C)nc2sc(-c3ccccc3)cc12. The number of ketones is 1. The van der Waals surface area contributed by atoms with Crippen LogP contribution in [0.25, 0.3) is 20.7 Å². The van der Waals surface area contributed by atoms with Crippen LogP contribution in [-0.4, -0.2) is 21.0 Å². The van der Waals surface area contributed by atoms with Crippen LogP contribution in [0.3, 0.4) is 0 Å². The van der Waals surface area contributed by atoms with Crippen LogP contribution in [0.1, 0.15) is 19.7 Å². The molecule has 1 aromatic carbocycles. The highest BCUT2D eigenvalue weighted by atomic mass is 32.2. The monoisotopic (exact) mass is 328 g/mol. The predicted octanol–water partition coefficient (Wildman–Crippen LogP) is 4.74. The number of carbonyl (C=O) groups is 1. The van der Waals surface area contributed by atoms with Crippen molar-refractivity contribution < 1.29 is 4.79 Å². The first-order valence-electron chi connectivity index (χ1n) is 7.05. The van der Waals surface area contributed by atoms with E-state index in [1.807, 2.05) is 32.0 Å². The van der Waals surface area contributed by atoms with Crippen LogP contribution in [0.15, 0.2) is 41.4 Å². The van der Waals surface area contributed by atoms with Gasteiger partial charge in [0.05, 0.1) is 5.25 Å². The number of fused-ring (bicyclic) bond motifs is 1. The van der Waals surface area contributed by atoms with Crippen molar-refractivity contribution in [1.29, 1.82) is 0 Å². The van der Waals surface area contributed by atoms with Crippen molar-refractivity contribution in [2.45, 2.75) is 31.0 Å². The zero-order valence-corrected chi connectivity index (χ0v) is 14.3. The maximum absolute atomic E-state index is 11.5. The maximum atomic E-state index is 11.5. The number of aryl methyl sites for hydroxylation is 1. The molecule has 1 atom stereocenters. The molecule has 0 saturated carbocycles. The van der Waals surface area contributed by atoms with Crippen LogP contribution in [0.4, 0.5) is 0 Å². The van der Waals surface area contributed by atoms with E-state index < -0.39 is 0 Å². The van der Waals surface area contributed by atoms with E-state index in [0.717, 1.165) is 21.1 Å². The van der Waals surface area contributed by atoms with Crippen LogP contribution in [0, 0.1) is 6.92 Å². The normalized spacial score (nSPS) is 12.5. The topological polar surface area (TPSA) is 42.9 Å². The smallest absolute Gasteiger partial charge is 0.142 e. The Morgan fingerprint density at radius 1 is 1.23 bits per heavy atom. The van der Waals surface area contributed by atoms with E-state index in [2.05, 4.69) is 28.2 Å². The Morgan fingerprint density at radius 2 is 1.95 bits per heavy atom. The number of thiophene rings is 1. The van der Waals surface area contributed by atoms with E-state index in [9.17, 15) is 4.79 Å². The highest BCUT2D eigenvalue weighted by Crippen LogP contribution is 2.37. The lowest BCUT2D eigenvalue weighted by Crippen LogP contribution is -2.08. The molecule has 3 rings (SSSR count). The Balaban J connectivity index is 2.09. The number of hydrogen-bond donors (Lipinski definition) is 0. The average Bonchev–Trinajstić information content (AvgIpc) is 2.92. The molecule has 0 bridgehead atoms. The number of thioether (sulfide) groups is 1. The fraction of sp³-hybridized carbons (Fsp3) is 0.235. The number of benzene rings is 1. The second-order valence-electron chi connectivity index (χ2n) is 5.14. The van der Waals surface area contributed by atoms with E-state index >= 15 is 0 Å². The summed E-state index contributed by atoms with van der Waals surface area (Å²) < 4.78 is 0. The third-order valence-electron chi connectivity index (χ3n) is 3.39. The minimum Gasteiger partial charge on any atom is -0.299 e. The van der Waals surface area contributed by atoms with E-state index in [4.69, 9.17) is 0 Å². The van der Waals surface area contributed by atoms with Crippen LogP contribution in [0.2, 0.25) is 0 Å². The minimum absolute atomic E-state index is 0.0995. The Hall–Kier alpha value is -1.72. The van der Waals surface area contributed by atoms with Gasteiger partial charge in [0, 0.05) is 10.3 Å². The molecular weight excluding hydrogens is 312 g/mol. The van der Waals surface area contributed by atoms with Crippen LogP contribution < -0.4 is 0 Å². The standard InChI is InChI=1S/C17H16N2OS2/c1-10(20)11(2)21-16-14-9-15(13-7-5-4-6-8-13)22-17(14)19-12(3)18-16/h4-9,11H,1-3H3/t11-/m0/s1. The first-order valence-corrected chi connectivity index (χ1v) is 8.75. The minimum atomic E-state index is -0.0995. The number of Topliss-reactive ketones (excluding diaryl/α,β-unsaturated/α-hetero) is 1. The molecular formula is C17H16N2OS2. The number of carbonyl (C=O) groups excluding carboxylic acids is 1. The molecule has 5 heteroatoms. The van der Waals surface area contributed by atoms with Gasteiger partial charge in [-0.3, -0.25) is 4.79 Å². The highest BCUT2D eigenvalue weighted by molar-refractivity contribution is 8.00. The van der Waals surface area contributed by atoms with Gasteiger partial charge in [0.2, 0.25) is 0 Å². The molecule has 0 spiro atoms. The van der Waals surface area contributed by atoms with Gasteiger partial charge in [-0.15, -0.1) is 11.3 Å². The second-order valence-corrected chi connectivity index (χ2v) is 7.50. The third-order valence-corrected chi connectivity index (χ3v) is 5.69. The molecule has 0 aliphatic heterocycles. The molecule has 0 unspecified atom stereocenters. The number of aromatic nitrogens is 2. The summed E-state index contributed by atoms with van der Waals surface area (Å²) in [5.41, 5.74) is 1.18. The lowest BCUT2D eigenvalue weighted by Gasteiger charge is -2.07. The summed E-state index contributed by atoms with van der Waals surface area (Å²) in [7, 11) is 0. The van der Waals surface area contributed by atoms with Gasteiger partial charge in [-0.1, -0.05) is 42.1 Å². The van der Waals surface area contributed by atoms with Crippen molar-refractivity contribution in [3.05, 3.63) is 42.2 Å². The number of rotatable bonds is 4. The van der Waals surface area contributed by atoms with Gasteiger partial charge in [-0.05, 0) is 32.4 Å². The summed E-state index contributed by atoms with van der Waals surface area (Å²) in [5.74, 6) is 0.903. The summed E-state index contributed by atoms with van der Waals surface area (Å²) in [6, 6.07) is 12.4. The maximum Gasteiger partial charge on any atom is 0.142 e. The van der Waals surface area contributed by atoms with Crippen LogP contribution >= 0.6 is 23.1 Å². The van der Waals surface area contributed by atoms with E-state index in [1.54, 1.807) is 18.3 Å². The molecule has 3 aromatic rings. The fourth-order valence-corrected chi connectivity index (χ4v) is 4.20. The lowest BCUT2D eigenvalue weighted by atomic mass is 10.2. The Bertz CT molecular complexity index is 827. The van der Waals surface area contributed by atoms with E-state index in [1.165, 1.54) is 22.2 Å².